The summed E-state index contributed by atoms with van der Waals surface area (Å²) < 4.78 is 8.63. The van der Waals surface area contributed by atoms with Crippen molar-refractivity contribution in [2.24, 2.45) is 0 Å². The lowest BCUT2D eigenvalue weighted by Gasteiger charge is -1.98. The number of aromatic nitrogens is 3. The van der Waals surface area contributed by atoms with E-state index in [2.05, 4.69) is 39.8 Å². The fraction of sp³-hybridized carbons (Fsp3) is 0.0526. The van der Waals surface area contributed by atoms with Crippen LogP contribution in [0.3, 0.4) is 0 Å². The van der Waals surface area contributed by atoms with Gasteiger partial charge in [0.15, 0.2) is 4.96 Å². The molecule has 4 heterocycles. The van der Waals surface area contributed by atoms with Crippen LogP contribution in [0.15, 0.2) is 60.9 Å². The van der Waals surface area contributed by atoms with E-state index in [4.69, 9.17) is 9.72 Å². The minimum atomic E-state index is 0.871. The molecule has 0 unspecified atom stereocenters. The summed E-state index contributed by atoms with van der Waals surface area (Å²) in [7, 11) is 1.69. The molecule has 4 nitrogen and oxygen atoms in total. The van der Waals surface area contributed by atoms with Gasteiger partial charge in [0, 0.05) is 12.4 Å². The minimum Gasteiger partial charge on any atom is -0.497 e. The number of rotatable bonds is 3. The van der Waals surface area contributed by atoms with Crippen LogP contribution in [0.2, 0.25) is 0 Å². The maximum absolute atomic E-state index is 5.31. The van der Waals surface area contributed by atoms with Gasteiger partial charge in [-0.25, -0.2) is 4.98 Å². The second kappa shape index (κ2) is 5.68. The van der Waals surface area contributed by atoms with E-state index in [1.807, 2.05) is 30.5 Å². The third-order valence-corrected chi connectivity index (χ3v) is 6.22. The molecule has 4 aromatic heterocycles. The molecule has 0 aliphatic carbocycles. The van der Waals surface area contributed by atoms with Gasteiger partial charge in [-0.3, -0.25) is 9.38 Å². The van der Waals surface area contributed by atoms with Crippen LogP contribution in [0.25, 0.3) is 36.3 Å². The van der Waals surface area contributed by atoms with Crippen molar-refractivity contribution in [3.05, 3.63) is 60.9 Å². The summed E-state index contributed by atoms with van der Waals surface area (Å²) in [6.07, 6.45) is 3.93. The first kappa shape index (κ1) is 14.6. The molecule has 5 aromatic rings. The molecule has 0 amide bonds. The molecule has 0 fully saturated rings. The highest BCUT2D eigenvalue weighted by Gasteiger charge is 2.13. The number of imidazole rings is 1. The van der Waals surface area contributed by atoms with Gasteiger partial charge in [-0.05, 0) is 42.5 Å². The van der Waals surface area contributed by atoms with E-state index in [1.54, 1.807) is 29.8 Å². The van der Waals surface area contributed by atoms with Crippen LogP contribution in [0.4, 0.5) is 0 Å². The minimum absolute atomic E-state index is 0.871. The van der Waals surface area contributed by atoms with E-state index in [9.17, 15) is 0 Å². The molecule has 0 radical (unpaired) electrons. The number of pyridine rings is 1. The number of fused-ring (bicyclic) bond motifs is 3. The average molecular weight is 363 g/mol. The highest BCUT2D eigenvalue weighted by Crippen LogP contribution is 2.36. The Hall–Kier alpha value is -2.70. The Kier molecular flexibility index (Phi) is 3.33. The van der Waals surface area contributed by atoms with Crippen molar-refractivity contribution >= 4 is 37.9 Å². The number of thiophene rings is 1. The van der Waals surface area contributed by atoms with Gasteiger partial charge in [0.25, 0.3) is 0 Å². The lowest BCUT2D eigenvalue weighted by atomic mass is 10.3. The second-order valence-electron chi connectivity index (χ2n) is 5.59. The molecule has 6 heteroatoms. The van der Waals surface area contributed by atoms with Crippen molar-refractivity contribution in [2.75, 3.05) is 7.11 Å². The molecule has 0 spiro atoms. The molecule has 122 valence electrons. The van der Waals surface area contributed by atoms with Gasteiger partial charge in [0.05, 0.1) is 32.8 Å². The molecule has 5 rings (SSSR count). The lowest BCUT2D eigenvalue weighted by Crippen LogP contribution is -1.82. The van der Waals surface area contributed by atoms with Gasteiger partial charge >= 0.3 is 0 Å². The van der Waals surface area contributed by atoms with E-state index < -0.39 is 0 Å². The number of thiazole rings is 1. The van der Waals surface area contributed by atoms with Crippen LogP contribution in [-0.2, 0) is 0 Å². The molecule has 0 saturated heterocycles. The zero-order chi connectivity index (χ0) is 16.8. The van der Waals surface area contributed by atoms with Crippen molar-refractivity contribution in [1.29, 1.82) is 0 Å². The van der Waals surface area contributed by atoms with Gasteiger partial charge in [-0.2, -0.15) is 0 Å². The van der Waals surface area contributed by atoms with E-state index in [0.29, 0.717) is 0 Å². The summed E-state index contributed by atoms with van der Waals surface area (Å²) in [5, 5.41) is 0. The fourth-order valence-corrected chi connectivity index (χ4v) is 4.82. The summed E-state index contributed by atoms with van der Waals surface area (Å²) in [6.45, 7) is 0. The predicted molar refractivity (Wildman–Crippen MR) is 104 cm³/mol. The zero-order valence-corrected chi connectivity index (χ0v) is 15.0. The highest BCUT2D eigenvalue weighted by molar-refractivity contribution is 7.23. The fourth-order valence-electron chi connectivity index (χ4n) is 2.85. The maximum atomic E-state index is 5.31. The molecule has 0 atom stereocenters. The van der Waals surface area contributed by atoms with Gasteiger partial charge < -0.3 is 4.74 Å². The first-order valence-corrected chi connectivity index (χ1v) is 9.42. The second-order valence-corrected chi connectivity index (χ2v) is 7.69. The quantitative estimate of drug-likeness (QED) is 0.434. The SMILES string of the molecule is COc1ccc2c(c1)sc1nc(-c3ccc(-c4ccccn4)s3)cn12. The predicted octanol–water partition coefficient (Wildman–Crippen LogP) is 5.35. The summed E-state index contributed by atoms with van der Waals surface area (Å²) in [6, 6.07) is 16.3. The summed E-state index contributed by atoms with van der Waals surface area (Å²) in [4.78, 5) is 12.5. The van der Waals surface area contributed by atoms with E-state index in [1.165, 1.54) is 4.70 Å². The Morgan fingerprint density at radius 2 is 1.84 bits per heavy atom. The normalized spacial score (nSPS) is 11.4. The maximum Gasteiger partial charge on any atom is 0.195 e. The van der Waals surface area contributed by atoms with Gasteiger partial charge in [-0.1, -0.05) is 17.4 Å². The Balaban J connectivity index is 1.58. The molecule has 0 aliphatic rings. The first-order valence-electron chi connectivity index (χ1n) is 7.79. The molecule has 0 bridgehead atoms. The summed E-state index contributed by atoms with van der Waals surface area (Å²) >= 11 is 3.39. The number of ether oxygens (including phenoxy) is 1. The molecule has 25 heavy (non-hydrogen) atoms. The Morgan fingerprint density at radius 3 is 2.64 bits per heavy atom. The van der Waals surface area contributed by atoms with Gasteiger partial charge in [-0.15, -0.1) is 11.3 Å². The smallest absolute Gasteiger partial charge is 0.195 e. The van der Waals surface area contributed by atoms with Crippen LogP contribution in [0.1, 0.15) is 0 Å². The van der Waals surface area contributed by atoms with Crippen LogP contribution in [0, 0.1) is 0 Å². The third-order valence-electron chi connectivity index (χ3n) is 4.08. The average Bonchev–Trinajstić information content (AvgIpc) is 3.35. The van der Waals surface area contributed by atoms with Crippen LogP contribution in [0.5, 0.6) is 5.75 Å². The highest BCUT2D eigenvalue weighted by atomic mass is 32.1. The van der Waals surface area contributed by atoms with E-state index in [0.717, 1.165) is 37.4 Å². The van der Waals surface area contributed by atoms with Gasteiger partial charge in [0.2, 0.25) is 0 Å². The largest absolute Gasteiger partial charge is 0.497 e. The van der Waals surface area contributed by atoms with E-state index >= 15 is 0 Å². The summed E-state index contributed by atoms with van der Waals surface area (Å²) in [5.41, 5.74) is 3.15. The van der Waals surface area contributed by atoms with Gasteiger partial charge in [0.1, 0.15) is 11.4 Å². The molecular weight excluding hydrogens is 350 g/mol. The summed E-state index contributed by atoms with van der Waals surface area (Å²) in [5.74, 6) is 0.871. The monoisotopic (exact) mass is 363 g/mol. The van der Waals surface area contributed by atoms with Crippen LogP contribution in [-0.4, -0.2) is 21.5 Å². The standard InChI is InChI=1S/C19H13N3OS2/c1-23-12-5-6-15-18(10-12)25-19-21-14(11-22(15)19)17-8-7-16(24-17)13-4-2-3-9-20-13/h2-11H,1H3. The Morgan fingerprint density at radius 1 is 0.960 bits per heavy atom. The number of hydrogen-bond acceptors (Lipinski definition) is 5. The van der Waals surface area contributed by atoms with Crippen molar-refractivity contribution in [2.45, 2.75) is 0 Å². The molecule has 0 saturated carbocycles. The lowest BCUT2D eigenvalue weighted by molar-refractivity contribution is 0.415. The number of methoxy groups -OCH3 is 1. The van der Waals surface area contributed by atoms with Crippen molar-refractivity contribution < 1.29 is 4.74 Å². The van der Waals surface area contributed by atoms with Crippen LogP contribution < -0.4 is 4.74 Å². The van der Waals surface area contributed by atoms with Crippen molar-refractivity contribution in [3.8, 4) is 26.9 Å². The Labute approximate surface area is 152 Å². The number of hydrogen-bond donors (Lipinski definition) is 0. The topological polar surface area (TPSA) is 39.4 Å². The number of nitrogens with zero attached hydrogens (tertiary/aromatic N) is 3. The first-order chi connectivity index (χ1) is 12.3. The van der Waals surface area contributed by atoms with Crippen molar-refractivity contribution in [1.82, 2.24) is 14.4 Å². The molecule has 1 aromatic carbocycles. The zero-order valence-electron chi connectivity index (χ0n) is 13.3. The third kappa shape index (κ3) is 2.42. The number of benzene rings is 1. The van der Waals surface area contributed by atoms with E-state index in [-0.39, 0.29) is 0 Å². The molecule has 0 aliphatic heterocycles. The van der Waals surface area contributed by atoms with Crippen LogP contribution >= 0.6 is 22.7 Å². The molecular formula is C19H13N3OS2. The van der Waals surface area contributed by atoms with Crippen molar-refractivity contribution in [3.63, 3.8) is 0 Å². The Bertz CT molecular complexity index is 1190. The molecule has 0 N–H and O–H groups in total.